The number of rotatable bonds is 4. The van der Waals surface area contributed by atoms with E-state index >= 15 is 0 Å². The van der Waals surface area contributed by atoms with Gasteiger partial charge >= 0.3 is 6.03 Å². The van der Waals surface area contributed by atoms with Crippen LogP contribution in [0.3, 0.4) is 0 Å². The molecule has 4 nitrogen and oxygen atoms in total. The summed E-state index contributed by atoms with van der Waals surface area (Å²) < 4.78 is 0. The monoisotopic (exact) mass is 296 g/mol. The largest absolute Gasteiger partial charge is 0.332 e. The summed E-state index contributed by atoms with van der Waals surface area (Å²) in [7, 11) is 1.71. The fraction of sp³-hybridized carbons (Fsp3) is 0.333. The molecule has 22 heavy (non-hydrogen) atoms. The molecule has 1 aliphatic heterocycles. The lowest BCUT2D eigenvalue weighted by molar-refractivity contribution is -0.124. The normalized spacial score (nSPS) is 24.4. The predicted octanol–water partition coefficient (Wildman–Crippen LogP) is 3.51. The number of carbonyl (C=O) groups is 2. The summed E-state index contributed by atoms with van der Waals surface area (Å²) in [5.41, 5.74) is 1.17. The van der Waals surface area contributed by atoms with E-state index in [2.05, 4.69) is 12.2 Å². The minimum Gasteiger partial charge on any atom is -0.313 e. The third-order valence-corrected chi connectivity index (χ3v) is 4.68. The van der Waals surface area contributed by atoms with Crippen LogP contribution in [-0.2, 0) is 4.79 Å². The van der Waals surface area contributed by atoms with Crippen molar-refractivity contribution in [3.63, 3.8) is 0 Å². The molecule has 3 amide bonds. The summed E-state index contributed by atoms with van der Waals surface area (Å²) in [6.45, 7) is 1.86. The molecule has 0 spiro atoms. The van der Waals surface area contributed by atoms with Crippen molar-refractivity contribution in [2.24, 2.45) is 0 Å². The molecule has 1 aliphatic carbocycles. The summed E-state index contributed by atoms with van der Waals surface area (Å²) in [6, 6.07) is 8.87. The van der Waals surface area contributed by atoms with Crippen LogP contribution in [0, 0.1) is 0 Å². The van der Waals surface area contributed by atoms with Gasteiger partial charge < -0.3 is 4.90 Å². The number of urea groups is 1. The smallest absolute Gasteiger partial charge is 0.313 e. The molecular weight excluding hydrogens is 276 g/mol. The molecule has 4 heteroatoms. The van der Waals surface area contributed by atoms with Crippen LogP contribution in [0.15, 0.2) is 54.1 Å². The van der Waals surface area contributed by atoms with Crippen LogP contribution in [0.2, 0.25) is 0 Å². The number of para-hydroxylation sites is 1. The first-order valence-electron chi connectivity index (χ1n) is 7.56. The first kappa shape index (κ1) is 14.6. The van der Waals surface area contributed by atoms with Gasteiger partial charge in [-0.3, -0.25) is 4.79 Å². The Balaban J connectivity index is 1.83. The van der Waals surface area contributed by atoms with Crippen LogP contribution in [-0.4, -0.2) is 29.4 Å². The number of imide groups is 1. The molecule has 3 rings (SSSR count). The third kappa shape index (κ3) is 2.25. The van der Waals surface area contributed by atoms with Crippen molar-refractivity contribution >= 4 is 17.6 Å². The highest BCUT2D eigenvalue weighted by molar-refractivity contribution is 6.23. The zero-order valence-corrected chi connectivity index (χ0v) is 13.0. The van der Waals surface area contributed by atoms with Gasteiger partial charge in [0.05, 0.1) is 5.69 Å². The van der Waals surface area contributed by atoms with Gasteiger partial charge in [-0.2, -0.15) is 0 Å². The van der Waals surface area contributed by atoms with Gasteiger partial charge in [0.2, 0.25) is 0 Å². The Hall–Kier alpha value is -2.36. The van der Waals surface area contributed by atoms with Crippen LogP contribution in [0.1, 0.15) is 26.2 Å². The van der Waals surface area contributed by atoms with Crippen molar-refractivity contribution in [3.8, 4) is 0 Å². The summed E-state index contributed by atoms with van der Waals surface area (Å²) in [6.07, 6.45) is 8.67. The van der Waals surface area contributed by atoms with Crippen molar-refractivity contribution in [2.45, 2.75) is 31.7 Å². The molecule has 1 saturated heterocycles. The lowest BCUT2D eigenvalue weighted by Crippen LogP contribution is -2.45. The van der Waals surface area contributed by atoms with Crippen molar-refractivity contribution < 1.29 is 9.59 Å². The van der Waals surface area contributed by atoms with Crippen molar-refractivity contribution in [1.29, 1.82) is 0 Å². The van der Waals surface area contributed by atoms with Gasteiger partial charge in [0.15, 0.2) is 0 Å². The lowest BCUT2D eigenvalue weighted by atomic mass is 9.91. The second-order valence-corrected chi connectivity index (χ2v) is 6.05. The molecule has 0 aromatic heterocycles. The van der Waals surface area contributed by atoms with E-state index in [-0.39, 0.29) is 11.9 Å². The number of anilines is 1. The van der Waals surface area contributed by atoms with Crippen LogP contribution in [0.25, 0.3) is 0 Å². The number of likely N-dealkylation sites (N-methyl/N-ethyl adjacent to an activating group) is 1. The van der Waals surface area contributed by atoms with Crippen LogP contribution < -0.4 is 4.90 Å². The predicted molar refractivity (Wildman–Crippen MR) is 86.6 cm³/mol. The molecule has 114 valence electrons. The van der Waals surface area contributed by atoms with Gasteiger partial charge in [-0.1, -0.05) is 42.0 Å². The number of benzene rings is 1. The van der Waals surface area contributed by atoms with Crippen molar-refractivity contribution in [3.05, 3.63) is 54.1 Å². The Bertz CT molecular complexity index is 663. The van der Waals surface area contributed by atoms with E-state index in [1.54, 1.807) is 24.1 Å². The van der Waals surface area contributed by atoms with Gasteiger partial charge in [-0.15, -0.1) is 0 Å². The maximum absolute atomic E-state index is 12.9. The first-order chi connectivity index (χ1) is 10.5. The molecule has 0 saturated carbocycles. The van der Waals surface area contributed by atoms with Crippen LogP contribution in [0.4, 0.5) is 10.5 Å². The van der Waals surface area contributed by atoms with Gasteiger partial charge in [0, 0.05) is 7.05 Å². The molecule has 1 aromatic carbocycles. The maximum Gasteiger partial charge on any atom is 0.332 e. The Morgan fingerprint density at radius 2 is 1.91 bits per heavy atom. The highest BCUT2D eigenvalue weighted by Gasteiger charge is 2.52. The Morgan fingerprint density at radius 1 is 1.18 bits per heavy atom. The van der Waals surface area contributed by atoms with Gasteiger partial charge in [0.25, 0.3) is 5.91 Å². The number of amides is 3. The summed E-state index contributed by atoms with van der Waals surface area (Å²) >= 11 is 0. The van der Waals surface area contributed by atoms with Crippen LogP contribution >= 0.6 is 0 Å². The summed E-state index contributed by atoms with van der Waals surface area (Å²) in [5, 5.41) is 0. The second kappa shape index (κ2) is 5.44. The summed E-state index contributed by atoms with van der Waals surface area (Å²) in [5.74, 6) is -0.141. The molecule has 1 aromatic rings. The van der Waals surface area contributed by atoms with Gasteiger partial charge in [-0.25, -0.2) is 9.69 Å². The molecule has 0 N–H and O–H groups in total. The number of hydrogen-bond acceptors (Lipinski definition) is 2. The molecule has 2 aliphatic rings. The molecule has 1 unspecified atom stereocenters. The minimum absolute atomic E-state index is 0.141. The zero-order valence-electron chi connectivity index (χ0n) is 13.0. The Morgan fingerprint density at radius 3 is 2.55 bits per heavy atom. The lowest BCUT2D eigenvalue weighted by Gasteiger charge is -2.28. The number of allylic oxidation sites excluding steroid dienone is 4. The van der Waals surface area contributed by atoms with E-state index in [1.165, 1.54) is 10.5 Å². The van der Waals surface area contributed by atoms with E-state index < -0.39 is 5.54 Å². The fourth-order valence-corrected chi connectivity index (χ4v) is 2.99. The van der Waals surface area contributed by atoms with Crippen molar-refractivity contribution in [1.82, 2.24) is 4.90 Å². The first-order valence-corrected chi connectivity index (χ1v) is 7.56. The summed E-state index contributed by atoms with van der Waals surface area (Å²) in [4.78, 5) is 28.3. The van der Waals surface area contributed by atoms with Gasteiger partial charge in [-0.05, 0) is 38.3 Å². The third-order valence-electron chi connectivity index (χ3n) is 4.68. The van der Waals surface area contributed by atoms with Crippen molar-refractivity contribution in [2.75, 3.05) is 11.9 Å². The molecule has 0 radical (unpaired) electrons. The molecule has 1 fully saturated rings. The SMILES string of the molecule is CN1C(=O)N(c2ccccc2)C(=O)C1(C)CCC1=CC=CC1. The number of nitrogens with zero attached hydrogens (tertiary/aromatic N) is 2. The highest BCUT2D eigenvalue weighted by atomic mass is 16.2. The van der Waals surface area contributed by atoms with Gasteiger partial charge in [0.1, 0.15) is 5.54 Å². The highest BCUT2D eigenvalue weighted by Crippen LogP contribution is 2.35. The van der Waals surface area contributed by atoms with E-state index in [0.29, 0.717) is 12.1 Å². The second-order valence-electron chi connectivity index (χ2n) is 6.05. The van der Waals surface area contributed by atoms with E-state index in [4.69, 9.17) is 0 Å². The average Bonchev–Trinajstić information content (AvgIpc) is 3.11. The maximum atomic E-state index is 12.9. The number of hydrogen-bond donors (Lipinski definition) is 0. The average molecular weight is 296 g/mol. The van der Waals surface area contributed by atoms with Crippen LogP contribution in [0.5, 0.6) is 0 Å². The molecule has 1 heterocycles. The number of carbonyl (C=O) groups excluding carboxylic acids is 2. The fourth-order valence-electron chi connectivity index (χ4n) is 2.99. The zero-order chi connectivity index (χ0) is 15.7. The quantitative estimate of drug-likeness (QED) is 0.798. The topological polar surface area (TPSA) is 40.6 Å². The van der Waals surface area contributed by atoms with E-state index in [0.717, 1.165) is 12.8 Å². The Kier molecular flexibility index (Phi) is 3.61. The van der Waals surface area contributed by atoms with E-state index in [9.17, 15) is 9.59 Å². The minimum atomic E-state index is -0.781. The standard InChI is InChI=1S/C18H20N2O2/c1-18(13-12-14-8-6-7-9-14)16(21)20(17(22)19(18)2)15-10-4-3-5-11-15/h3-8,10-11H,9,12-13H2,1-2H3. The Labute approximate surface area is 130 Å². The molecular formula is C18H20N2O2. The van der Waals surface area contributed by atoms with E-state index in [1.807, 2.05) is 31.2 Å². The molecule has 1 atom stereocenters. The molecule has 0 bridgehead atoms.